The summed E-state index contributed by atoms with van der Waals surface area (Å²) in [5.41, 5.74) is 1.56. The molecule has 0 aliphatic carbocycles. The van der Waals surface area contributed by atoms with Crippen molar-refractivity contribution in [1.29, 1.82) is 0 Å². The predicted octanol–water partition coefficient (Wildman–Crippen LogP) is 4.33. The summed E-state index contributed by atoms with van der Waals surface area (Å²) in [5.74, 6) is -1.06. The molecule has 0 fully saturated rings. The molecule has 4 aromatic rings. The monoisotopic (exact) mass is 463 g/mol. The second kappa shape index (κ2) is 9.40. The van der Waals surface area contributed by atoms with Crippen LogP contribution >= 0.6 is 11.3 Å². The Kier molecular flexibility index (Phi) is 6.22. The molecular weight excluding hydrogens is 446 g/mol. The number of thiazole rings is 1. The Morgan fingerprint density at radius 1 is 1.15 bits per heavy atom. The summed E-state index contributed by atoms with van der Waals surface area (Å²) in [4.78, 5) is 40.3. The molecule has 0 bridgehead atoms. The maximum atomic E-state index is 12.7. The lowest BCUT2D eigenvalue weighted by atomic mass is 10.1. The molecule has 166 valence electrons. The van der Waals surface area contributed by atoms with Crippen LogP contribution in [0.15, 0.2) is 66.9 Å². The third-order valence-corrected chi connectivity index (χ3v) is 5.43. The zero-order valence-corrected chi connectivity index (χ0v) is 18.1. The zero-order valence-electron chi connectivity index (χ0n) is 17.3. The number of anilines is 1. The van der Waals surface area contributed by atoms with E-state index >= 15 is 0 Å². The van der Waals surface area contributed by atoms with Crippen molar-refractivity contribution in [3.05, 3.63) is 87.5 Å². The average molecular weight is 463 g/mol. The Morgan fingerprint density at radius 3 is 2.67 bits per heavy atom. The Morgan fingerprint density at radius 2 is 1.94 bits per heavy atom. The molecule has 1 amide bonds. The number of non-ortho nitro benzene ring substituents is 1. The van der Waals surface area contributed by atoms with Gasteiger partial charge in [0.25, 0.3) is 11.6 Å². The van der Waals surface area contributed by atoms with Gasteiger partial charge in [-0.3, -0.25) is 20.2 Å². The second-order valence-corrected chi connectivity index (χ2v) is 7.66. The van der Waals surface area contributed by atoms with Crippen molar-refractivity contribution < 1.29 is 19.2 Å². The van der Waals surface area contributed by atoms with E-state index in [1.54, 1.807) is 13.0 Å². The van der Waals surface area contributed by atoms with Crippen LogP contribution in [0.1, 0.15) is 27.1 Å². The van der Waals surface area contributed by atoms with Gasteiger partial charge < -0.3 is 4.74 Å². The van der Waals surface area contributed by atoms with Crippen molar-refractivity contribution in [2.24, 2.45) is 0 Å². The highest BCUT2D eigenvalue weighted by molar-refractivity contribution is 7.18. The first kappa shape index (κ1) is 21.8. The number of nitro groups is 1. The highest BCUT2D eigenvalue weighted by atomic mass is 32.1. The van der Waals surface area contributed by atoms with E-state index in [0.29, 0.717) is 16.9 Å². The van der Waals surface area contributed by atoms with Crippen LogP contribution in [0, 0.1) is 10.1 Å². The molecule has 2 aromatic heterocycles. The summed E-state index contributed by atoms with van der Waals surface area (Å²) in [7, 11) is 0. The molecule has 0 aliphatic heterocycles. The number of benzene rings is 2. The molecule has 2 aromatic carbocycles. The summed E-state index contributed by atoms with van der Waals surface area (Å²) < 4.78 is 6.49. The topological polar surface area (TPSA) is 129 Å². The van der Waals surface area contributed by atoms with Gasteiger partial charge in [-0.25, -0.2) is 14.5 Å². The standard InChI is InChI=1S/C22H17N5O5S/c1-2-32-21(29)19-18(14-7-4-3-5-8-14)23-22(33-19)24-20(28)17-11-12-26(25-17)15-9-6-10-16(13-15)27(30)31/h3-13H,2H2,1H3,(H,23,24,28). The van der Waals surface area contributed by atoms with Crippen LogP contribution < -0.4 is 5.32 Å². The molecule has 0 spiro atoms. The third-order valence-electron chi connectivity index (χ3n) is 4.48. The van der Waals surface area contributed by atoms with Crippen LogP contribution in [0.5, 0.6) is 0 Å². The summed E-state index contributed by atoms with van der Waals surface area (Å²) >= 11 is 1.01. The van der Waals surface area contributed by atoms with E-state index in [2.05, 4.69) is 15.4 Å². The van der Waals surface area contributed by atoms with Gasteiger partial charge in [0.2, 0.25) is 0 Å². The van der Waals surface area contributed by atoms with E-state index in [4.69, 9.17) is 4.74 Å². The minimum atomic E-state index is -0.539. The van der Waals surface area contributed by atoms with Crippen molar-refractivity contribution in [2.75, 3.05) is 11.9 Å². The van der Waals surface area contributed by atoms with E-state index < -0.39 is 16.8 Å². The van der Waals surface area contributed by atoms with Gasteiger partial charge in [0.1, 0.15) is 4.88 Å². The van der Waals surface area contributed by atoms with Crippen molar-refractivity contribution >= 4 is 34.0 Å². The van der Waals surface area contributed by atoms with Crippen LogP contribution in [0.3, 0.4) is 0 Å². The number of carbonyl (C=O) groups excluding carboxylic acids is 2. The molecule has 11 heteroatoms. The van der Waals surface area contributed by atoms with Gasteiger partial charge in [-0.05, 0) is 19.1 Å². The average Bonchev–Trinajstić information content (AvgIpc) is 3.48. The maximum Gasteiger partial charge on any atom is 0.350 e. The van der Waals surface area contributed by atoms with Crippen molar-refractivity contribution in [3.63, 3.8) is 0 Å². The molecule has 0 saturated carbocycles. The SMILES string of the molecule is CCOC(=O)c1sc(NC(=O)c2ccn(-c3cccc([N+](=O)[O-])c3)n2)nc1-c1ccccc1. The lowest BCUT2D eigenvalue weighted by Crippen LogP contribution is -2.13. The fourth-order valence-electron chi connectivity index (χ4n) is 3.00. The molecule has 0 saturated heterocycles. The quantitative estimate of drug-likeness (QED) is 0.245. The third kappa shape index (κ3) is 4.77. The summed E-state index contributed by atoms with van der Waals surface area (Å²) in [6, 6.07) is 16.5. The molecule has 0 atom stereocenters. The van der Waals surface area contributed by atoms with Crippen LogP contribution in [0.2, 0.25) is 0 Å². The second-order valence-electron chi connectivity index (χ2n) is 6.66. The Labute approximate surface area is 191 Å². The molecule has 1 N–H and O–H groups in total. The minimum Gasteiger partial charge on any atom is -0.462 e. The molecule has 0 radical (unpaired) electrons. The van der Waals surface area contributed by atoms with Gasteiger partial charge >= 0.3 is 5.97 Å². The number of carbonyl (C=O) groups is 2. The first-order valence-corrected chi connectivity index (χ1v) is 10.6. The van der Waals surface area contributed by atoms with E-state index in [1.807, 2.05) is 30.3 Å². The molecule has 0 unspecified atom stereocenters. The minimum absolute atomic E-state index is 0.0793. The highest BCUT2D eigenvalue weighted by Gasteiger charge is 2.22. The number of aromatic nitrogens is 3. The molecule has 0 aliphatic rings. The molecule has 10 nitrogen and oxygen atoms in total. The number of nitro benzene ring substituents is 1. The zero-order chi connectivity index (χ0) is 23.4. The number of ether oxygens (including phenoxy) is 1. The van der Waals surface area contributed by atoms with Gasteiger partial charge in [0.15, 0.2) is 10.8 Å². The van der Waals surface area contributed by atoms with Crippen molar-refractivity contribution in [1.82, 2.24) is 14.8 Å². The van der Waals surface area contributed by atoms with E-state index in [1.165, 1.54) is 35.1 Å². The summed E-state index contributed by atoms with van der Waals surface area (Å²) in [6.45, 7) is 1.92. The predicted molar refractivity (Wildman–Crippen MR) is 122 cm³/mol. The van der Waals surface area contributed by atoms with Gasteiger partial charge in [-0.1, -0.05) is 47.7 Å². The lowest BCUT2D eigenvalue weighted by molar-refractivity contribution is -0.384. The van der Waals surface area contributed by atoms with Crippen LogP contribution in [-0.4, -0.2) is 38.2 Å². The maximum absolute atomic E-state index is 12.7. The highest BCUT2D eigenvalue weighted by Crippen LogP contribution is 2.32. The molecule has 2 heterocycles. The van der Waals surface area contributed by atoms with Crippen molar-refractivity contribution in [3.8, 4) is 16.9 Å². The number of hydrogen-bond acceptors (Lipinski definition) is 8. The first-order chi connectivity index (χ1) is 16.0. The molecular formula is C22H17N5O5S. The first-order valence-electron chi connectivity index (χ1n) is 9.81. The van der Waals surface area contributed by atoms with Crippen LogP contribution in [0.4, 0.5) is 10.8 Å². The lowest BCUT2D eigenvalue weighted by Gasteiger charge is -2.01. The normalized spacial score (nSPS) is 10.6. The van der Waals surface area contributed by atoms with Crippen LogP contribution in [-0.2, 0) is 4.74 Å². The largest absolute Gasteiger partial charge is 0.462 e. The summed E-state index contributed by atoms with van der Waals surface area (Å²) in [6.07, 6.45) is 1.52. The van der Waals surface area contributed by atoms with Crippen LogP contribution in [0.25, 0.3) is 16.9 Å². The fourth-order valence-corrected chi connectivity index (χ4v) is 3.88. The number of nitrogens with one attached hydrogen (secondary N) is 1. The van der Waals surface area contributed by atoms with E-state index in [9.17, 15) is 19.7 Å². The fraction of sp³-hybridized carbons (Fsp3) is 0.0909. The van der Waals surface area contributed by atoms with Gasteiger partial charge in [-0.15, -0.1) is 0 Å². The molecule has 4 rings (SSSR count). The van der Waals surface area contributed by atoms with E-state index in [0.717, 1.165) is 11.3 Å². The number of amides is 1. The van der Waals surface area contributed by atoms with Gasteiger partial charge in [0, 0.05) is 23.9 Å². The van der Waals surface area contributed by atoms with Crippen molar-refractivity contribution in [2.45, 2.75) is 6.92 Å². The Balaban J connectivity index is 1.59. The Bertz CT molecular complexity index is 1330. The smallest absolute Gasteiger partial charge is 0.350 e. The number of nitrogens with zero attached hydrogens (tertiary/aromatic N) is 4. The number of rotatable bonds is 7. The Hall–Kier alpha value is -4.38. The van der Waals surface area contributed by atoms with E-state index in [-0.39, 0.29) is 28.0 Å². The number of esters is 1. The van der Waals surface area contributed by atoms with Gasteiger partial charge in [0.05, 0.1) is 22.9 Å². The van der Waals surface area contributed by atoms with Gasteiger partial charge in [-0.2, -0.15) is 5.10 Å². The summed E-state index contributed by atoms with van der Waals surface area (Å²) in [5, 5.41) is 18.1. The number of hydrogen-bond donors (Lipinski definition) is 1. The molecule has 33 heavy (non-hydrogen) atoms.